The molecule has 1 fully saturated rings. The van der Waals surface area contributed by atoms with Gasteiger partial charge in [-0.05, 0) is 24.3 Å². The zero-order valence-corrected chi connectivity index (χ0v) is 12.9. The van der Waals surface area contributed by atoms with Crippen molar-refractivity contribution in [1.82, 2.24) is 20.2 Å². The fraction of sp³-hybridized carbons (Fsp3) is 0.353. The number of nitrogens with zero attached hydrogens (tertiary/aromatic N) is 3. The van der Waals surface area contributed by atoms with E-state index in [0.717, 1.165) is 17.9 Å². The maximum absolute atomic E-state index is 12.1. The molecule has 6 nitrogen and oxygen atoms in total. The van der Waals surface area contributed by atoms with Crippen molar-refractivity contribution < 1.29 is 9.53 Å². The molecule has 3 rings (SSSR count). The van der Waals surface area contributed by atoms with E-state index in [2.05, 4.69) is 20.2 Å². The number of rotatable bonds is 5. The molecule has 0 saturated carbocycles. The van der Waals surface area contributed by atoms with Crippen molar-refractivity contribution in [3.05, 3.63) is 60.2 Å². The Morgan fingerprint density at radius 3 is 2.78 bits per heavy atom. The molecule has 23 heavy (non-hydrogen) atoms. The number of carbonyl (C=O) groups excluding carboxylic acids is 1. The van der Waals surface area contributed by atoms with Gasteiger partial charge in [0.25, 0.3) is 0 Å². The topological polar surface area (TPSA) is 67.4 Å². The van der Waals surface area contributed by atoms with Crippen LogP contribution in [0.2, 0.25) is 0 Å². The van der Waals surface area contributed by atoms with Crippen LogP contribution in [0.25, 0.3) is 0 Å². The average Bonchev–Trinajstić information content (AvgIpc) is 2.62. The summed E-state index contributed by atoms with van der Waals surface area (Å²) in [7, 11) is 0. The molecule has 1 aliphatic heterocycles. The summed E-state index contributed by atoms with van der Waals surface area (Å²) in [5.41, 5.74) is 1.76. The van der Waals surface area contributed by atoms with Crippen LogP contribution in [-0.4, -0.2) is 47.0 Å². The van der Waals surface area contributed by atoms with Gasteiger partial charge in [-0.2, -0.15) is 0 Å². The second-order valence-corrected chi connectivity index (χ2v) is 5.45. The van der Waals surface area contributed by atoms with Gasteiger partial charge in [-0.1, -0.05) is 12.1 Å². The Morgan fingerprint density at radius 2 is 2.04 bits per heavy atom. The van der Waals surface area contributed by atoms with E-state index in [0.29, 0.717) is 26.2 Å². The van der Waals surface area contributed by atoms with Crippen molar-refractivity contribution in [2.75, 3.05) is 26.2 Å². The molecule has 0 aliphatic carbocycles. The zero-order chi connectivity index (χ0) is 15.9. The summed E-state index contributed by atoms with van der Waals surface area (Å²) in [6.45, 7) is 2.84. The van der Waals surface area contributed by atoms with Gasteiger partial charge in [-0.15, -0.1) is 0 Å². The highest BCUT2D eigenvalue weighted by molar-refractivity contribution is 5.77. The number of morpholine rings is 1. The van der Waals surface area contributed by atoms with Crippen LogP contribution >= 0.6 is 0 Å². The maximum atomic E-state index is 12.1. The van der Waals surface area contributed by atoms with E-state index in [1.54, 1.807) is 12.4 Å². The summed E-state index contributed by atoms with van der Waals surface area (Å²) in [5, 5.41) is 2.90. The Kier molecular flexibility index (Phi) is 5.29. The van der Waals surface area contributed by atoms with Crippen LogP contribution in [0.3, 0.4) is 0 Å². The van der Waals surface area contributed by atoms with Gasteiger partial charge in [0.1, 0.15) is 6.10 Å². The van der Waals surface area contributed by atoms with Gasteiger partial charge in [-0.3, -0.25) is 19.7 Å². The Bertz CT molecular complexity index is 621. The number of ether oxygens (including phenoxy) is 1. The average molecular weight is 312 g/mol. The predicted octanol–water partition coefficient (Wildman–Crippen LogP) is 1.17. The molecule has 0 bridgehead atoms. The first-order chi connectivity index (χ1) is 11.3. The summed E-state index contributed by atoms with van der Waals surface area (Å²) in [4.78, 5) is 22.7. The first-order valence-electron chi connectivity index (χ1n) is 7.73. The Hall–Kier alpha value is -2.31. The van der Waals surface area contributed by atoms with E-state index in [-0.39, 0.29) is 12.0 Å². The van der Waals surface area contributed by atoms with Crippen molar-refractivity contribution in [2.24, 2.45) is 0 Å². The highest BCUT2D eigenvalue weighted by atomic mass is 16.5. The first-order valence-corrected chi connectivity index (χ1v) is 7.73. The second kappa shape index (κ2) is 7.80. The van der Waals surface area contributed by atoms with Crippen molar-refractivity contribution >= 4 is 5.91 Å². The molecule has 1 aliphatic rings. The minimum absolute atomic E-state index is 0.00248. The monoisotopic (exact) mass is 312 g/mol. The van der Waals surface area contributed by atoms with Crippen molar-refractivity contribution in [3.63, 3.8) is 0 Å². The number of hydrogen-bond donors (Lipinski definition) is 1. The lowest BCUT2D eigenvalue weighted by atomic mass is 10.2. The van der Waals surface area contributed by atoms with Crippen LogP contribution < -0.4 is 5.32 Å². The third-order valence-corrected chi connectivity index (χ3v) is 3.73. The standard InChI is InChI=1S/C17H20N4O2/c22-17(20-11-14-5-1-3-7-18-14)13-21-9-10-23-16(12-21)15-6-2-4-8-19-15/h1-8,16H,9-13H2,(H,20,22). The van der Waals surface area contributed by atoms with Gasteiger partial charge in [-0.25, -0.2) is 0 Å². The largest absolute Gasteiger partial charge is 0.369 e. The molecule has 0 radical (unpaired) electrons. The highest BCUT2D eigenvalue weighted by Crippen LogP contribution is 2.19. The molecule has 3 heterocycles. The molecule has 2 aromatic rings. The lowest BCUT2D eigenvalue weighted by molar-refractivity contribution is -0.124. The number of amides is 1. The van der Waals surface area contributed by atoms with E-state index in [1.165, 1.54) is 0 Å². The molecule has 1 amide bonds. The Labute approximate surface area is 135 Å². The van der Waals surface area contributed by atoms with Gasteiger partial charge in [0.05, 0.1) is 31.1 Å². The fourth-order valence-electron chi connectivity index (χ4n) is 2.54. The normalized spacial score (nSPS) is 18.5. The minimum Gasteiger partial charge on any atom is -0.369 e. The minimum atomic E-state index is -0.0754. The quantitative estimate of drug-likeness (QED) is 0.897. The Morgan fingerprint density at radius 1 is 1.22 bits per heavy atom. The van der Waals surface area contributed by atoms with Crippen molar-refractivity contribution in [1.29, 1.82) is 0 Å². The summed E-state index contributed by atoms with van der Waals surface area (Å²) >= 11 is 0. The van der Waals surface area contributed by atoms with E-state index in [9.17, 15) is 4.79 Å². The molecular formula is C17H20N4O2. The summed E-state index contributed by atoms with van der Waals surface area (Å²) < 4.78 is 5.76. The molecule has 0 spiro atoms. The first kappa shape index (κ1) is 15.6. The molecule has 2 aromatic heterocycles. The lowest BCUT2D eigenvalue weighted by Gasteiger charge is -2.32. The molecule has 6 heteroatoms. The van der Waals surface area contributed by atoms with E-state index < -0.39 is 0 Å². The number of nitrogens with one attached hydrogen (secondary N) is 1. The van der Waals surface area contributed by atoms with Crippen LogP contribution in [0.5, 0.6) is 0 Å². The van der Waals surface area contributed by atoms with E-state index >= 15 is 0 Å². The molecular weight excluding hydrogens is 292 g/mol. The fourth-order valence-corrected chi connectivity index (χ4v) is 2.54. The molecule has 1 unspecified atom stereocenters. The zero-order valence-electron chi connectivity index (χ0n) is 12.9. The van der Waals surface area contributed by atoms with Crippen LogP contribution in [0.15, 0.2) is 48.8 Å². The third kappa shape index (κ3) is 4.58. The van der Waals surface area contributed by atoms with Crippen molar-refractivity contribution in [3.8, 4) is 0 Å². The van der Waals surface area contributed by atoms with Gasteiger partial charge >= 0.3 is 0 Å². The number of hydrogen-bond acceptors (Lipinski definition) is 5. The second-order valence-electron chi connectivity index (χ2n) is 5.45. The van der Waals surface area contributed by atoms with E-state index in [4.69, 9.17) is 4.74 Å². The molecule has 0 aromatic carbocycles. The Balaban J connectivity index is 1.48. The smallest absolute Gasteiger partial charge is 0.234 e. The van der Waals surface area contributed by atoms with Gasteiger partial charge < -0.3 is 10.1 Å². The third-order valence-electron chi connectivity index (χ3n) is 3.73. The summed E-state index contributed by atoms with van der Waals surface area (Å²) in [6, 6.07) is 11.4. The lowest BCUT2D eigenvalue weighted by Crippen LogP contribution is -2.44. The number of pyridine rings is 2. The predicted molar refractivity (Wildman–Crippen MR) is 85.5 cm³/mol. The van der Waals surface area contributed by atoms with Crippen LogP contribution in [0, 0.1) is 0 Å². The molecule has 1 N–H and O–H groups in total. The molecule has 1 atom stereocenters. The van der Waals surface area contributed by atoms with Crippen LogP contribution in [-0.2, 0) is 16.1 Å². The van der Waals surface area contributed by atoms with Gasteiger partial charge in [0, 0.05) is 25.5 Å². The number of carbonyl (C=O) groups is 1. The maximum Gasteiger partial charge on any atom is 0.234 e. The van der Waals surface area contributed by atoms with E-state index in [1.807, 2.05) is 36.4 Å². The van der Waals surface area contributed by atoms with Gasteiger partial charge in [0.2, 0.25) is 5.91 Å². The molecule has 120 valence electrons. The highest BCUT2D eigenvalue weighted by Gasteiger charge is 2.24. The summed E-state index contributed by atoms with van der Waals surface area (Å²) in [6.07, 6.45) is 3.41. The van der Waals surface area contributed by atoms with Crippen LogP contribution in [0.1, 0.15) is 17.5 Å². The van der Waals surface area contributed by atoms with Gasteiger partial charge in [0.15, 0.2) is 0 Å². The number of aromatic nitrogens is 2. The van der Waals surface area contributed by atoms with Crippen molar-refractivity contribution in [2.45, 2.75) is 12.6 Å². The SMILES string of the molecule is O=C(CN1CCOC(c2ccccn2)C1)NCc1ccccn1. The molecule has 1 saturated heterocycles. The van der Waals surface area contributed by atoms with Crippen LogP contribution in [0.4, 0.5) is 0 Å². The summed E-state index contributed by atoms with van der Waals surface area (Å²) in [5.74, 6) is -0.00248.